The van der Waals surface area contributed by atoms with Gasteiger partial charge in [0.05, 0.1) is 6.10 Å². The van der Waals surface area contributed by atoms with Crippen LogP contribution in [-0.4, -0.2) is 23.3 Å². The predicted molar refractivity (Wildman–Crippen MR) is 45.1 cm³/mol. The Balaban J connectivity index is 1.93. The molecule has 2 atom stereocenters. The topological polar surface area (TPSA) is 49.8 Å². The van der Waals surface area contributed by atoms with Crippen LogP contribution in [0.15, 0.2) is 0 Å². The minimum Gasteiger partial charge on any atom is -0.479 e. The number of unbranched alkanes of at least 4 members (excludes halogenated alkanes) is 3. The highest BCUT2D eigenvalue weighted by Gasteiger charge is 2.44. The quantitative estimate of drug-likeness (QED) is 0.491. The van der Waals surface area contributed by atoms with Crippen LogP contribution in [0.1, 0.15) is 39.0 Å². The van der Waals surface area contributed by atoms with Crippen LogP contribution < -0.4 is 0 Å². The first-order valence-corrected chi connectivity index (χ1v) is 4.64. The lowest BCUT2D eigenvalue weighted by atomic mass is 10.1. The van der Waals surface area contributed by atoms with Crippen LogP contribution in [0, 0.1) is 0 Å². The standard InChI is InChI=1S/C9H16O3/c1-2-3-4-5-6-7-8(12-7)9(10)11/h7-8H,2-6H2,1H3,(H,10,11)/t7-,8-/m1/s1. The second-order valence-electron chi connectivity index (χ2n) is 3.28. The highest BCUT2D eigenvalue weighted by molar-refractivity contribution is 5.75. The van der Waals surface area contributed by atoms with Crippen molar-refractivity contribution in [3.8, 4) is 0 Å². The third kappa shape index (κ3) is 2.81. The fraction of sp³-hybridized carbons (Fsp3) is 0.889. The monoisotopic (exact) mass is 172 g/mol. The summed E-state index contributed by atoms with van der Waals surface area (Å²) in [6, 6.07) is 0. The lowest BCUT2D eigenvalue weighted by molar-refractivity contribution is -0.138. The van der Waals surface area contributed by atoms with Crippen LogP contribution in [-0.2, 0) is 9.53 Å². The Hall–Kier alpha value is -0.570. The van der Waals surface area contributed by atoms with Crippen molar-refractivity contribution in [3.63, 3.8) is 0 Å². The summed E-state index contributed by atoms with van der Waals surface area (Å²) in [5.74, 6) is -0.810. The maximum atomic E-state index is 10.3. The van der Waals surface area contributed by atoms with Crippen LogP contribution in [0.2, 0.25) is 0 Å². The van der Waals surface area contributed by atoms with E-state index in [9.17, 15) is 4.79 Å². The van der Waals surface area contributed by atoms with Crippen molar-refractivity contribution in [1.82, 2.24) is 0 Å². The summed E-state index contributed by atoms with van der Waals surface area (Å²) in [6.45, 7) is 2.16. The fourth-order valence-corrected chi connectivity index (χ4v) is 1.35. The predicted octanol–water partition coefficient (Wildman–Crippen LogP) is 1.81. The summed E-state index contributed by atoms with van der Waals surface area (Å²) >= 11 is 0. The Morgan fingerprint density at radius 2 is 2.17 bits per heavy atom. The van der Waals surface area contributed by atoms with Gasteiger partial charge in [0.25, 0.3) is 0 Å². The van der Waals surface area contributed by atoms with Crippen molar-refractivity contribution in [2.75, 3.05) is 0 Å². The van der Waals surface area contributed by atoms with Crippen molar-refractivity contribution < 1.29 is 14.6 Å². The molecule has 0 bridgehead atoms. The molecular weight excluding hydrogens is 156 g/mol. The molecule has 1 saturated heterocycles. The number of aliphatic carboxylic acids is 1. The lowest BCUT2D eigenvalue weighted by Gasteiger charge is -1.94. The highest BCUT2D eigenvalue weighted by atomic mass is 16.6. The third-order valence-corrected chi connectivity index (χ3v) is 2.17. The van der Waals surface area contributed by atoms with Crippen molar-refractivity contribution in [2.24, 2.45) is 0 Å². The van der Waals surface area contributed by atoms with Crippen molar-refractivity contribution >= 4 is 5.97 Å². The molecule has 70 valence electrons. The molecule has 0 saturated carbocycles. The Morgan fingerprint density at radius 3 is 2.67 bits per heavy atom. The Bertz CT molecular complexity index is 156. The fourth-order valence-electron chi connectivity index (χ4n) is 1.35. The molecule has 0 amide bonds. The minimum atomic E-state index is -0.810. The average molecular weight is 172 g/mol. The van der Waals surface area contributed by atoms with Gasteiger partial charge in [-0.3, -0.25) is 0 Å². The number of epoxide rings is 1. The van der Waals surface area contributed by atoms with Gasteiger partial charge in [-0.05, 0) is 6.42 Å². The van der Waals surface area contributed by atoms with Crippen LogP contribution in [0.4, 0.5) is 0 Å². The molecule has 0 aromatic carbocycles. The van der Waals surface area contributed by atoms with Gasteiger partial charge in [0, 0.05) is 0 Å². The van der Waals surface area contributed by atoms with Gasteiger partial charge in [-0.15, -0.1) is 0 Å². The Kier molecular flexibility index (Phi) is 3.53. The van der Waals surface area contributed by atoms with Gasteiger partial charge in [0.1, 0.15) is 0 Å². The maximum absolute atomic E-state index is 10.3. The zero-order valence-electron chi connectivity index (χ0n) is 7.45. The molecule has 1 aliphatic rings. The van der Waals surface area contributed by atoms with Crippen LogP contribution in [0.25, 0.3) is 0 Å². The summed E-state index contributed by atoms with van der Waals surface area (Å²) in [5.41, 5.74) is 0. The van der Waals surface area contributed by atoms with Gasteiger partial charge >= 0.3 is 5.97 Å². The summed E-state index contributed by atoms with van der Waals surface area (Å²) in [7, 11) is 0. The minimum absolute atomic E-state index is 0.0133. The number of hydrogen-bond acceptors (Lipinski definition) is 2. The molecule has 3 nitrogen and oxygen atoms in total. The summed E-state index contributed by atoms with van der Waals surface area (Å²) in [4.78, 5) is 10.3. The molecule has 0 radical (unpaired) electrons. The first-order chi connectivity index (χ1) is 5.75. The van der Waals surface area contributed by atoms with Crippen LogP contribution in [0.3, 0.4) is 0 Å². The van der Waals surface area contributed by atoms with Crippen molar-refractivity contribution in [3.05, 3.63) is 0 Å². The number of carboxylic acid groups (broad SMARTS) is 1. The molecular formula is C9H16O3. The molecule has 1 heterocycles. The normalized spacial score (nSPS) is 27.1. The van der Waals surface area contributed by atoms with Crippen molar-refractivity contribution in [1.29, 1.82) is 0 Å². The molecule has 1 fully saturated rings. The van der Waals surface area contributed by atoms with Crippen molar-refractivity contribution in [2.45, 2.75) is 51.2 Å². The first kappa shape index (κ1) is 9.52. The second kappa shape index (κ2) is 4.45. The van der Waals surface area contributed by atoms with E-state index in [0.717, 1.165) is 12.8 Å². The lowest BCUT2D eigenvalue weighted by Crippen LogP contribution is -2.07. The van der Waals surface area contributed by atoms with E-state index in [-0.39, 0.29) is 6.10 Å². The van der Waals surface area contributed by atoms with Gasteiger partial charge in [-0.1, -0.05) is 32.6 Å². The van der Waals surface area contributed by atoms with Crippen LogP contribution >= 0.6 is 0 Å². The zero-order valence-corrected chi connectivity index (χ0v) is 7.45. The zero-order chi connectivity index (χ0) is 8.97. The van der Waals surface area contributed by atoms with E-state index in [1.807, 2.05) is 0 Å². The summed E-state index contributed by atoms with van der Waals surface area (Å²) < 4.78 is 4.96. The average Bonchev–Trinajstić information content (AvgIpc) is 2.77. The summed E-state index contributed by atoms with van der Waals surface area (Å²) in [6.07, 6.45) is 5.19. The van der Waals surface area contributed by atoms with E-state index >= 15 is 0 Å². The Labute approximate surface area is 72.7 Å². The number of ether oxygens (including phenoxy) is 1. The van der Waals surface area contributed by atoms with Gasteiger partial charge in [-0.25, -0.2) is 4.79 Å². The SMILES string of the molecule is CCCCCC[C@H]1O[C@H]1C(=O)O. The van der Waals surface area contributed by atoms with Gasteiger partial charge in [0.15, 0.2) is 6.10 Å². The molecule has 1 N–H and O–H groups in total. The third-order valence-electron chi connectivity index (χ3n) is 2.17. The first-order valence-electron chi connectivity index (χ1n) is 4.64. The molecule has 0 aromatic heterocycles. The van der Waals surface area contributed by atoms with Gasteiger partial charge in [-0.2, -0.15) is 0 Å². The molecule has 3 heteroatoms. The molecule has 0 spiro atoms. The number of hydrogen-bond donors (Lipinski definition) is 1. The molecule has 0 aliphatic carbocycles. The number of carbonyl (C=O) groups is 1. The van der Waals surface area contributed by atoms with E-state index in [0.29, 0.717) is 0 Å². The van der Waals surface area contributed by atoms with E-state index in [1.54, 1.807) is 0 Å². The van der Waals surface area contributed by atoms with E-state index in [2.05, 4.69) is 6.92 Å². The summed E-state index contributed by atoms with van der Waals surface area (Å²) in [5, 5.41) is 8.50. The van der Waals surface area contributed by atoms with Gasteiger partial charge in [0.2, 0.25) is 0 Å². The molecule has 0 unspecified atom stereocenters. The largest absolute Gasteiger partial charge is 0.479 e. The molecule has 0 aromatic rings. The molecule has 1 aliphatic heterocycles. The van der Waals surface area contributed by atoms with E-state index < -0.39 is 12.1 Å². The maximum Gasteiger partial charge on any atom is 0.335 e. The second-order valence-corrected chi connectivity index (χ2v) is 3.28. The smallest absolute Gasteiger partial charge is 0.335 e. The van der Waals surface area contributed by atoms with Gasteiger partial charge < -0.3 is 9.84 Å². The highest BCUT2D eigenvalue weighted by Crippen LogP contribution is 2.27. The molecule has 1 rings (SSSR count). The molecule has 12 heavy (non-hydrogen) atoms. The Morgan fingerprint density at radius 1 is 1.42 bits per heavy atom. The van der Waals surface area contributed by atoms with E-state index in [4.69, 9.17) is 9.84 Å². The van der Waals surface area contributed by atoms with Crippen LogP contribution in [0.5, 0.6) is 0 Å². The number of rotatable bonds is 6. The van der Waals surface area contributed by atoms with E-state index in [1.165, 1.54) is 19.3 Å². The number of carboxylic acids is 1.